The van der Waals surface area contributed by atoms with Crippen LogP contribution in [0.4, 0.5) is 0 Å². The van der Waals surface area contributed by atoms with Crippen molar-refractivity contribution >= 4 is 23.7 Å². The molecular formula is C58H88O12. The molecule has 13 unspecified atom stereocenters. The molecule has 0 aromatic carbocycles. The molecule has 0 spiro atoms. The Morgan fingerprint density at radius 1 is 0.729 bits per heavy atom. The maximum Gasteiger partial charge on any atom is 0.330 e. The molecule has 13 atom stereocenters. The molecule has 0 saturated carbocycles. The van der Waals surface area contributed by atoms with Gasteiger partial charge in [-0.1, -0.05) is 137 Å². The first-order valence-electron chi connectivity index (χ1n) is 25.9. The quantitative estimate of drug-likeness (QED) is 0.138. The fourth-order valence-corrected chi connectivity index (χ4v) is 9.55. The summed E-state index contributed by atoms with van der Waals surface area (Å²) < 4.78 is 28.6. The summed E-state index contributed by atoms with van der Waals surface area (Å²) in [5.74, 6) is -0.848. The summed E-state index contributed by atoms with van der Waals surface area (Å²) in [6, 6.07) is 0. The largest absolute Gasteiger partial charge is 0.460 e. The predicted octanol–water partition coefficient (Wildman–Crippen LogP) is 10.3. The number of methoxy groups -OCH3 is 2. The summed E-state index contributed by atoms with van der Waals surface area (Å²) in [6.45, 7) is 16.4. The van der Waals surface area contributed by atoms with E-state index in [1.54, 1.807) is 26.4 Å². The predicted molar refractivity (Wildman–Crippen MR) is 275 cm³/mol. The van der Waals surface area contributed by atoms with E-state index in [4.69, 9.17) is 23.7 Å². The van der Waals surface area contributed by atoms with Crippen LogP contribution in [0, 0.1) is 35.5 Å². The second-order valence-electron chi connectivity index (χ2n) is 20.6. The zero-order valence-electron chi connectivity index (χ0n) is 44.1. The Bertz CT molecular complexity index is 1900. The molecule has 3 N–H and O–H groups in total. The molecule has 392 valence electrons. The van der Waals surface area contributed by atoms with Gasteiger partial charge in [-0.3, -0.25) is 14.4 Å². The van der Waals surface area contributed by atoms with Crippen molar-refractivity contribution in [3.8, 4) is 0 Å². The van der Waals surface area contributed by atoms with Gasteiger partial charge in [0.1, 0.15) is 24.1 Å². The van der Waals surface area contributed by atoms with Crippen LogP contribution in [-0.2, 0) is 42.9 Å². The molecule has 0 amide bonds. The van der Waals surface area contributed by atoms with E-state index in [1.807, 2.05) is 83.2 Å². The highest BCUT2D eigenvalue weighted by Crippen LogP contribution is 2.32. The summed E-state index contributed by atoms with van der Waals surface area (Å²) >= 11 is 0. The second kappa shape index (κ2) is 32.0. The lowest BCUT2D eigenvalue weighted by Crippen LogP contribution is -2.32. The number of cyclic esters (lactones) is 1. The molecule has 12 nitrogen and oxygen atoms in total. The molecule has 0 aliphatic carbocycles. The number of aliphatic hydroxyl groups is 3. The molecule has 0 radical (unpaired) electrons. The van der Waals surface area contributed by atoms with Crippen LogP contribution in [0.3, 0.4) is 0 Å². The van der Waals surface area contributed by atoms with Crippen molar-refractivity contribution in [2.45, 2.75) is 188 Å². The van der Waals surface area contributed by atoms with Gasteiger partial charge in [-0.25, -0.2) is 4.79 Å². The van der Waals surface area contributed by atoms with E-state index in [1.165, 1.54) is 6.08 Å². The third-order valence-corrected chi connectivity index (χ3v) is 14.3. The number of hydrogen-bond acceptors (Lipinski definition) is 12. The lowest BCUT2D eigenvalue weighted by molar-refractivity contribution is -0.152. The minimum absolute atomic E-state index is 0.0204. The van der Waals surface area contributed by atoms with Gasteiger partial charge in [-0.15, -0.1) is 0 Å². The Morgan fingerprint density at radius 3 is 2.16 bits per heavy atom. The minimum atomic E-state index is -0.897. The highest BCUT2D eigenvalue weighted by atomic mass is 16.6. The average Bonchev–Trinajstić information content (AvgIpc) is 3.28. The van der Waals surface area contributed by atoms with E-state index < -0.39 is 42.6 Å². The van der Waals surface area contributed by atoms with Crippen LogP contribution >= 0.6 is 0 Å². The molecule has 3 aliphatic rings. The standard InChI is InChI=1S/C58H88O12/c1-11-45-20-14-12-13-15-22-48(59)31-46-32-51(68-57(64)33-46)36-54(67-10)42(6)25-24-41(5)43(7)53(62)35-49(60)23-17-21-47-34-58(65)70-55(44(47)8)28-40(4)27-52(37-66-9)69-56(63)29-39(3)19-16-18-38(2)26-50(61)30-45/h12-19,21,23,28,33,39,41-45,49-55,60-62H,11,20,22,24-27,29-32,34-37H2,1-10H3/b14-12+,15-13-,19-16+,23-17+,38-18-,40-28-,47-21+. The van der Waals surface area contributed by atoms with E-state index in [2.05, 4.69) is 26.8 Å². The highest BCUT2D eigenvalue weighted by molar-refractivity contribution is 5.88. The molecule has 12 heteroatoms. The smallest absolute Gasteiger partial charge is 0.330 e. The van der Waals surface area contributed by atoms with E-state index >= 15 is 0 Å². The maximum absolute atomic E-state index is 13.1. The van der Waals surface area contributed by atoms with Crippen LogP contribution < -0.4 is 0 Å². The number of aliphatic hydroxyl groups excluding tert-OH is 3. The van der Waals surface area contributed by atoms with Gasteiger partial charge in [0.2, 0.25) is 0 Å². The van der Waals surface area contributed by atoms with E-state index in [9.17, 15) is 34.5 Å². The second-order valence-corrected chi connectivity index (χ2v) is 20.6. The third kappa shape index (κ3) is 22.9. The number of ketones is 1. The first-order valence-corrected chi connectivity index (χ1v) is 25.9. The fourth-order valence-electron chi connectivity index (χ4n) is 9.55. The number of hydrogen-bond donors (Lipinski definition) is 3. The molecule has 70 heavy (non-hydrogen) atoms. The number of fused-ring (bicyclic) bond motifs is 4. The zero-order valence-corrected chi connectivity index (χ0v) is 44.1. The van der Waals surface area contributed by atoms with E-state index in [0.29, 0.717) is 38.0 Å². The highest BCUT2D eigenvalue weighted by Gasteiger charge is 2.32. The lowest BCUT2D eigenvalue weighted by Gasteiger charge is -2.31. The molecule has 0 aromatic heterocycles. The van der Waals surface area contributed by atoms with Crippen molar-refractivity contribution in [2.24, 2.45) is 35.5 Å². The van der Waals surface area contributed by atoms with Crippen LogP contribution in [0.5, 0.6) is 0 Å². The summed E-state index contributed by atoms with van der Waals surface area (Å²) in [4.78, 5) is 51.4. The van der Waals surface area contributed by atoms with Crippen LogP contribution in [0.25, 0.3) is 0 Å². The molecule has 1 fully saturated rings. The Balaban J connectivity index is 1.76. The number of Topliss-reactive ketones (excluding diaryl/α,β-unsaturated/α-hetero) is 1. The van der Waals surface area contributed by atoms with Gasteiger partial charge in [0.05, 0.1) is 43.9 Å². The topological polar surface area (TPSA) is 175 Å². The molecule has 3 rings (SSSR count). The van der Waals surface area contributed by atoms with Crippen molar-refractivity contribution < 1.29 is 58.2 Å². The van der Waals surface area contributed by atoms with Gasteiger partial charge in [0.15, 0.2) is 0 Å². The molecule has 4 bridgehead atoms. The third-order valence-electron chi connectivity index (χ3n) is 14.3. The minimum Gasteiger partial charge on any atom is -0.460 e. The fraction of sp³-hybridized carbons (Fsp3) is 0.655. The van der Waals surface area contributed by atoms with Crippen molar-refractivity contribution in [3.63, 3.8) is 0 Å². The lowest BCUT2D eigenvalue weighted by atomic mass is 9.82. The Labute approximate surface area is 420 Å². The Kier molecular flexibility index (Phi) is 27.5. The monoisotopic (exact) mass is 977 g/mol. The normalized spacial score (nSPS) is 37.5. The molecule has 0 aromatic rings. The molecule has 3 aliphatic heterocycles. The average molecular weight is 977 g/mol. The Morgan fingerprint density at radius 2 is 1.44 bits per heavy atom. The van der Waals surface area contributed by atoms with Crippen LogP contribution in [0.2, 0.25) is 0 Å². The van der Waals surface area contributed by atoms with Crippen molar-refractivity contribution in [3.05, 3.63) is 95.2 Å². The first-order chi connectivity index (χ1) is 33.3. The summed E-state index contributed by atoms with van der Waals surface area (Å²) in [5, 5.41) is 33.0. The van der Waals surface area contributed by atoms with Crippen LogP contribution in [0.15, 0.2) is 95.2 Å². The first kappa shape index (κ1) is 60.1. The van der Waals surface area contributed by atoms with E-state index in [-0.39, 0.29) is 92.1 Å². The molecular weight excluding hydrogens is 889 g/mol. The van der Waals surface area contributed by atoms with Crippen LogP contribution in [-0.4, -0.2) is 103 Å². The van der Waals surface area contributed by atoms with Gasteiger partial charge in [-0.05, 0) is 75.2 Å². The molecule has 1 saturated heterocycles. The summed E-state index contributed by atoms with van der Waals surface area (Å²) in [7, 11) is 3.23. The van der Waals surface area contributed by atoms with E-state index in [0.717, 1.165) is 48.0 Å². The summed E-state index contributed by atoms with van der Waals surface area (Å²) in [5.41, 5.74) is 3.55. The van der Waals surface area contributed by atoms with Gasteiger partial charge in [0, 0.05) is 64.7 Å². The number of ether oxygens (including phenoxy) is 5. The SMILES string of the molecule is CCC1C/C=C/C=C\CC(=O)CC2=CC(=O)OC(C2)CC(OC)C(C)CCC(C)C(C)C(O)CC(O)/C=C/C=C2\CC(=O)OC(/C=C(/C)CC(COC)OC(=O)CC(C)/C=C/C=C(/C)CC(O)C1)C2C. The van der Waals surface area contributed by atoms with Gasteiger partial charge < -0.3 is 39.0 Å². The van der Waals surface area contributed by atoms with Gasteiger partial charge >= 0.3 is 17.9 Å². The number of allylic oxidation sites excluding steroid dienone is 9. The van der Waals surface area contributed by atoms with Crippen molar-refractivity contribution in [1.29, 1.82) is 0 Å². The number of carbonyl (C=O) groups is 4. The summed E-state index contributed by atoms with van der Waals surface area (Å²) in [6.07, 6.45) is 25.3. The van der Waals surface area contributed by atoms with Gasteiger partial charge in [0.25, 0.3) is 0 Å². The van der Waals surface area contributed by atoms with Crippen LogP contribution in [0.1, 0.15) is 145 Å². The van der Waals surface area contributed by atoms with Crippen molar-refractivity contribution in [2.75, 3.05) is 20.8 Å². The number of rotatable bonds is 4. The zero-order chi connectivity index (χ0) is 51.8. The number of carbonyl (C=O) groups excluding carboxylic acids is 4. The van der Waals surface area contributed by atoms with Gasteiger partial charge in [-0.2, -0.15) is 0 Å². The van der Waals surface area contributed by atoms with Crippen molar-refractivity contribution in [1.82, 2.24) is 0 Å². The molecule has 3 heterocycles. The number of esters is 3. The Hall–Kier alpha value is -4.20. The maximum atomic E-state index is 13.1.